The number of phenols is 2. The van der Waals surface area contributed by atoms with Crippen molar-refractivity contribution in [3.05, 3.63) is 46.4 Å². The SMILES string of the molecule is Nc1ccc(Cl)cc1O.Nc1ccc(Cl)cc1O. The van der Waals surface area contributed by atoms with Crippen molar-refractivity contribution in [2.75, 3.05) is 11.5 Å². The topological polar surface area (TPSA) is 92.5 Å². The van der Waals surface area contributed by atoms with E-state index in [1.807, 2.05) is 0 Å². The van der Waals surface area contributed by atoms with Crippen LogP contribution in [0.15, 0.2) is 36.4 Å². The van der Waals surface area contributed by atoms with Gasteiger partial charge in [0.15, 0.2) is 0 Å². The van der Waals surface area contributed by atoms with Crippen LogP contribution in [0.5, 0.6) is 11.5 Å². The molecule has 0 fully saturated rings. The van der Waals surface area contributed by atoms with E-state index in [1.54, 1.807) is 24.3 Å². The number of benzene rings is 2. The maximum absolute atomic E-state index is 8.89. The molecule has 96 valence electrons. The van der Waals surface area contributed by atoms with E-state index < -0.39 is 0 Å². The molecule has 2 aromatic rings. The highest BCUT2D eigenvalue weighted by Crippen LogP contribution is 2.23. The summed E-state index contributed by atoms with van der Waals surface area (Å²) in [6, 6.07) is 9.15. The van der Waals surface area contributed by atoms with Gasteiger partial charge in [-0.15, -0.1) is 0 Å². The Bertz CT molecular complexity index is 498. The number of hydrogen-bond acceptors (Lipinski definition) is 4. The van der Waals surface area contributed by atoms with Crippen LogP contribution in [0.4, 0.5) is 11.4 Å². The van der Waals surface area contributed by atoms with Crippen molar-refractivity contribution >= 4 is 34.6 Å². The van der Waals surface area contributed by atoms with E-state index in [2.05, 4.69) is 0 Å². The van der Waals surface area contributed by atoms with E-state index in [4.69, 9.17) is 44.9 Å². The zero-order valence-electron chi connectivity index (χ0n) is 9.27. The molecule has 4 nitrogen and oxygen atoms in total. The second-order valence-corrected chi connectivity index (χ2v) is 4.28. The fourth-order valence-electron chi connectivity index (χ4n) is 1.03. The minimum atomic E-state index is 0.0301. The first kappa shape index (κ1) is 14.3. The third-order valence-electron chi connectivity index (χ3n) is 1.98. The van der Waals surface area contributed by atoms with Gasteiger partial charge in [-0.05, 0) is 24.3 Å². The molecule has 0 spiro atoms. The van der Waals surface area contributed by atoms with Crippen LogP contribution >= 0.6 is 23.2 Å². The van der Waals surface area contributed by atoms with E-state index in [-0.39, 0.29) is 11.5 Å². The summed E-state index contributed by atoms with van der Waals surface area (Å²) >= 11 is 11.0. The van der Waals surface area contributed by atoms with Crippen LogP contribution in [-0.2, 0) is 0 Å². The molecule has 6 heteroatoms. The predicted molar refractivity (Wildman–Crippen MR) is 75.1 cm³/mol. The van der Waals surface area contributed by atoms with Crippen LogP contribution in [0.2, 0.25) is 10.0 Å². The maximum Gasteiger partial charge on any atom is 0.139 e. The van der Waals surface area contributed by atoms with Crippen LogP contribution < -0.4 is 11.5 Å². The number of anilines is 2. The van der Waals surface area contributed by atoms with Crippen LogP contribution in [-0.4, -0.2) is 10.2 Å². The van der Waals surface area contributed by atoms with Gasteiger partial charge >= 0.3 is 0 Å². The Balaban J connectivity index is 0.000000180. The number of aromatic hydroxyl groups is 2. The molecule has 0 aliphatic rings. The van der Waals surface area contributed by atoms with Crippen molar-refractivity contribution in [1.29, 1.82) is 0 Å². The Labute approximate surface area is 114 Å². The third kappa shape index (κ3) is 4.24. The molecule has 18 heavy (non-hydrogen) atoms. The average Bonchev–Trinajstić information content (AvgIpc) is 2.30. The zero-order valence-corrected chi connectivity index (χ0v) is 10.8. The Hall–Kier alpha value is -1.78. The van der Waals surface area contributed by atoms with Crippen LogP contribution in [0.25, 0.3) is 0 Å². The molecular weight excluding hydrogens is 275 g/mol. The number of phenolic OH excluding ortho intramolecular Hbond substituents is 2. The summed E-state index contributed by atoms with van der Waals surface area (Å²) in [6.07, 6.45) is 0. The van der Waals surface area contributed by atoms with Crippen molar-refractivity contribution in [1.82, 2.24) is 0 Å². The van der Waals surface area contributed by atoms with Crippen molar-refractivity contribution < 1.29 is 10.2 Å². The normalized spacial score (nSPS) is 9.44. The van der Waals surface area contributed by atoms with Gasteiger partial charge in [-0.1, -0.05) is 23.2 Å². The molecule has 2 aromatic carbocycles. The van der Waals surface area contributed by atoms with Crippen molar-refractivity contribution in [2.24, 2.45) is 0 Å². The van der Waals surface area contributed by atoms with Gasteiger partial charge in [0.2, 0.25) is 0 Å². The second-order valence-electron chi connectivity index (χ2n) is 3.41. The van der Waals surface area contributed by atoms with Gasteiger partial charge in [0.25, 0.3) is 0 Å². The summed E-state index contributed by atoms with van der Waals surface area (Å²) in [5.41, 5.74) is 11.3. The predicted octanol–water partition coefficient (Wildman–Crippen LogP) is 3.26. The van der Waals surface area contributed by atoms with E-state index in [9.17, 15) is 0 Å². The second kappa shape index (κ2) is 6.23. The Morgan fingerprint density at radius 3 is 1.28 bits per heavy atom. The highest BCUT2D eigenvalue weighted by Gasteiger charge is 1.94. The maximum atomic E-state index is 8.89. The van der Waals surface area contributed by atoms with E-state index >= 15 is 0 Å². The molecule has 0 unspecified atom stereocenters. The van der Waals surface area contributed by atoms with Crippen LogP contribution in [0, 0.1) is 0 Å². The minimum absolute atomic E-state index is 0.0301. The van der Waals surface area contributed by atoms with Crippen molar-refractivity contribution in [2.45, 2.75) is 0 Å². The van der Waals surface area contributed by atoms with Crippen molar-refractivity contribution in [3.63, 3.8) is 0 Å². The highest BCUT2D eigenvalue weighted by molar-refractivity contribution is 6.31. The monoisotopic (exact) mass is 286 g/mol. The first-order chi connectivity index (χ1) is 8.40. The van der Waals surface area contributed by atoms with E-state index in [0.29, 0.717) is 21.4 Å². The molecular formula is C12H12Cl2N2O2. The quantitative estimate of drug-likeness (QED) is 0.442. The van der Waals surface area contributed by atoms with Gasteiger partial charge < -0.3 is 21.7 Å². The summed E-state index contributed by atoms with van der Waals surface area (Å²) in [6.45, 7) is 0. The highest BCUT2D eigenvalue weighted by atomic mass is 35.5. The summed E-state index contributed by atoms with van der Waals surface area (Å²) in [7, 11) is 0. The summed E-state index contributed by atoms with van der Waals surface area (Å²) in [5, 5.41) is 18.8. The first-order valence-electron chi connectivity index (χ1n) is 4.88. The van der Waals surface area contributed by atoms with Crippen LogP contribution in [0.1, 0.15) is 0 Å². The van der Waals surface area contributed by atoms with Gasteiger partial charge in [-0.2, -0.15) is 0 Å². The molecule has 0 aromatic heterocycles. The van der Waals surface area contributed by atoms with Gasteiger partial charge in [0, 0.05) is 22.2 Å². The minimum Gasteiger partial charge on any atom is -0.506 e. The average molecular weight is 287 g/mol. The Kier molecular flexibility index (Phi) is 4.95. The largest absolute Gasteiger partial charge is 0.506 e. The molecule has 0 atom stereocenters. The molecule has 0 amide bonds. The molecule has 0 heterocycles. The van der Waals surface area contributed by atoms with Gasteiger partial charge in [-0.25, -0.2) is 0 Å². The summed E-state index contributed by atoms with van der Waals surface area (Å²) < 4.78 is 0. The van der Waals surface area contributed by atoms with Gasteiger partial charge in [0.05, 0.1) is 11.4 Å². The molecule has 0 radical (unpaired) electrons. The fraction of sp³-hybridized carbons (Fsp3) is 0. The lowest BCUT2D eigenvalue weighted by atomic mass is 10.3. The lowest BCUT2D eigenvalue weighted by molar-refractivity contribution is 0.477. The molecule has 2 rings (SSSR count). The smallest absolute Gasteiger partial charge is 0.139 e. The lowest BCUT2D eigenvalue weighted by Gasteiger charge is -1.95. The molecule has 0 aliphatic heterocycles. The molecule has 0 saturated carbocycles. The molecule has 6 N–H and O–H groups in total. The third-order valence-corrected chi connectivity index (χ3v) is 2.46. The number of nitrogens with two attached hydrogens (primary N) is 2. The molecule has 0 saturated heterocycles. The standard InChI is InChI=1S/2C6H6ClNO/c2*7-4-1-2-5(8)6(9)3-4/h2*1-3,9H,8H2. The number of rotatable bonds is 0. The summed E-state index contributed by atoms with van der Waals surface area (Å²) in [4.78, 5) is 0. The first-order valence-corrected chi connectivity index (χ1v) is 5.63. The number of nitrogen functional groups attached to an aromatic ring is 2. The Morgan fingerprint density at radius 2 is 1.06 bits per heavy atom. The zero-order chi connectivity index (χ0) is 13.7. The van der Waals surface area contributed by atoms with Crippen LogP contribution in [0.3, 0.4) is 0 Å². The summed E-state index contributed by atoms with van der Waals surface area (Å²) in [5.74, 6) is 0.0602. The number of hydrogen-bond donors (Lipinski definition) is 4. The number of halogens is 2. The van der Waals surface area contributed by atoms with Gasteiger partial charge in [-0.3, -0.25) is 0 Å². The van der Waals surface area contributed by atoms with Crippen molar-refractivity contribution in [3.8, 4) is 11.5 Å². The van der Waals surface area contributed by atoms with E-state index in [0.717, 1.165) is 0 Å². The molecule has 0 aliphatic carbocycles. The lowest BCUT2D eigenvalue weighted by Crippen LogP contribution is -1.83. The van der Waals surface area contributed by atoms with E-state index in [1.165, 1.54) is 12.1 Å². The molecule has 0 bridgehead atoms. The fourth-order valence-corrected chi connectivity index (χ4v) is 1.37. The van der Waals surface area contributed by atoms with Gasteiger partial charge in [0.1, 0.15) is 11.5 Å². The Morgan fingerprint density at radius 1 is 0.722 bits per heavy atom.